The Morgan fingerprint density at radius 2 is 2.06 bits per heavy atom. The molecule has 0 heterocycles. The van der Waals surface area contributed by atoms with Crippen LogP contribution >= 0.6 is 0 Å². The molecule has 7 heteroatoms. The molecule has 1 atom stereocenters. The highest BCUT2D eigenvalue weighted by atomic mass is 19.4. The summed E-state index contributed by atoms with van der Waals surface area (Å²) >= 11 is 0. The standard InChI is InChI=1S/C11H12F4N2O/c1-6(5-16)17-10(18)8-4-7(11(13,14)15)2-3-9(8)12/h2-4,6H,5,16H2,1H3,(H,17,18). The number of hydrogen-bond donors (Lipinski definition) is 2. The van der Waals surface area contributed by atoms with Gasteiger partial charge in [-0.25, -0.2) is 4.39 Å². The maximum absolute atomic E-state index is 13.3. The number of benzene rings is 1. The quantitative estimate of drug-likeness (QED) is 0.819. The zero-order chi connectivity index (χ0) is 13.9. The van der Waals surface area contributed by atoms with E-state index in [-0.39, 0.29) is 6.54 Å². The number of carbonyl (C=O) groups excluding carboxylic acids is 1. The number of rotatable bonds is 3. The van der Waals surface area contributed by atoms with E-state index in [2.05, 4.69) is 5.32 Å². The Morgan fingerprint density at radius 1 is 1.44 bits per heavy atom. The maximum atomic E-state index is 13.3. The number of carbonyl (C=O) groups is 1. The maximum Gasteiger partial charge on any atom is 0.416 e. The molecule has 0 radical (unpaired) electrons. The number of halogens is 4. The van der Waals surface area contributed by atoms with Crippen molar-refractivity contribution >= 4 is 5.91 Å². The normalized spacial score (nSPS) is 13.2. The Morgan fingerprint density at radius 3 is 2.56 bits per heavy atom. The summed E-state index contributed by atoms with van der Waals surface area (Å²) in [6.45, 7) is 1.66. The molecule has 0 spiro atoms. The van der Waals surface area contributed by atoms with Crippen LogP contribution in [-0.2, 0) is 6.18 Å². The van der Waals surface area contributed by atoms with E-state index in [1.807, 2.05) is 0 Å². The lowest BCUT2D eigenvalue weighted by atomic mass is 10.1. The van der Waals surface area contributed by atoms with Gasteiger partial charge in [0.15, 0.2) is 0 Å². The summed E-state index contributed by atoms with van der Waals surface area (Å²) in [4.78, 5) is 11.5. The second kappa shape index (κ2) is 5.34. The fourth-order valence-electron chi connectivity index (χ4n) is 1.24. The minimum Gasteiger partial charge on any atom is -0.348 e. The van der Waals surface area contributed by atoms with Crippen LogP contribution in [0.15, 0.2) is 18.2 Å². The van der Waals surface area contributed by atoms with Crippen LogP contribution in [0.25, 0.3) is 0 Å². The number of amides is 1. The van der Waals surface area contributed by atoms with Crippen LogP contribution in [0.1, 0.15) is 22.8 Å². The van der Waals surface area contributed by atoms with E-state index in [4.69, 9.17) is 5.73 Å². The van der Waals surface area contributed by atoms with Crippen molar-refractivity contribution in [2.75, 3.05) is 6.54 Å². The van der Waals surface area contributed by atoms with Crippen LogP contribution in [0.3, 0.4) is 0 Å². The second-order valence-corrected chi connectivity index (χ2v) is 3.80. The van der Waals surface area contributed by atoms with Gasteiger partial charge in [0.2, 0.25) is 0 Å². The average molecular weight is 264 g/mol. The molecular formula is C11H12F4N2O. The summed E-state index contributed by atoms with van der Waals surface area (Å²) in [6.07, 6.45) is -4.62. The summed E-state index contributed by atoms with van der Waals surface area (Å²) in [5.74, 6) is -1.93. The Hall–Kier alpha value is -1.63. The third kappa shape index (κ3) is 3.43. The van der Waals surface area contributed by atoms with Gasteiger partial charge < -0.3 is 11.1 Å². The predicted octanol–water partition coefficient (Wildman–Crippen LogP) is 1.92. The minimum absolute atomic E-state index is 0.103. The van der Waals surface area contributed by atoms with Crippen LogP contribution in [0.4, 0.5) is 17.6 Å². The van der Waals surface area contributed by atoms with E-state index in [1.54, 1.807) is 6.92 Å². The molecule has 1 aromatic rings. The minimum atomic E-state index is -4.62. The first-order valence-electron chi connectivity index (χ1n) is 5.13. The van der Waals surface area contributed by atoms with Crippen LogP contribution < -0.4 is 11.1 Å². The largest absolute Gasteiger partial charge is 0.416 e. The van der Waals surface area contributed by atoms with Crippen LogP contribution in [0.5, 0.6) is 0 Å². The molecule has 0 saturated carbocycles. The van der Waals surface area contributed by atoms with Gasteiger partial charge in [0.05, 0.1) is 11.1 Å². The lowest BCUT2D eigenvalue weighted by molar-refractivity contribution is -0.137. The number of nitrogens with one attached hydrogen (secondary N) is 1. The Labute approximate surface area is 101 Å². The predicted molar refractivity (Wildman–Crippen MR) is 57.4 cm³/mol. The lowest BCUT2D eigenvalue weighted by Crippen LogP contribution is -2.38. The van der Waals surface area contributed by atoms with Gasteiger partial charge in [-0.15, -0.1) is 0 Å². The van der Waals surface area contributed by atoms with E-state index in [9.17, 15) is 22.4 Å². The van der Waals surface area contributed by atoms with Gasteiger partial charge in [-0.1, -0.05) is 0 Å². The number of nitrogens with two attached hydrogens (primary N) is 1. The van der Waals surface area contributed by atoms with Crippen molar-refractivity contribution in [3.8, 4) is 0 Å². The topological polar surface area (TPSA) is 55.1 Å². The van der Waals surface area contributed by atoms with Crippen LogP contribution in [0.2, 0.25) is 0 Å². The highest BCUT2D eigenvalue weighted by Crippen LogP contribution is 2.30. The van der Waals surface area contributed by atoms with Crippen molar-refractivity contribution in [3.05, 3.63) is 35.1 Å². The Bertz CT molecular complexity index is 445. The van der Waals surface area contributed by atoms with E-state index >= 15 is 0 Å². The third-order valence-corrected chi connectivity index (χ3v) is 2.27. The molecule has 100 valence electrons. The summed E-state index contributed by atoms with van der Waals surface area (Å²) in [5, 5.41) is 2.29. The van der Waals surface area contributed by atoms with Crippen molar-refractivity contribution in [3.63, 3.8) is 0 Å². The molecular weight excluding hydrogens is 252 g/mol. The summed E-state index contributed by atoms with van der Waals surface area (Å²) in [6, 6.07) is 1.23. The molecule has 0 saturated heterocycles. The summed E-state index contributed by atoms with van der Waals surface area (Å²) in [7, 11) is 0. The van der Waals surface area contributed by atoms with E-state index in [1.165, 1.54) is 0 Å². The zero-order valence-electron chi connectivity index (χ0n) is 9.51. The molecule has 3 nitrogen and oxygen atoms in total. The fourth-order valence-corrected chi connectivity index (χ4v) is 1.24. The van der Waals surface area contributed by atoms with E-state index in [0.717, 1.165) is 0 Å². The SMILES string of the molecule is CC(CN)NC(=O)c1cc(C(F)(F)F)ccc1F. The van der Waals surface area contributed by atoms with Gasteiger partial charge in [0.1, 0.15) is 5.82 Å². The first-order chi connectivity index (χ1) is 8.25. The molecule has 0 aliphatic carbocycles. The Kier molecular flexibility index (Phi) is 4.28. The molecule has 1 rings (SSSR count). The van der Waals surface area contributed by atoms with Gasteiger partial charge in [0, 0.05) is 12.6 Å². The zero-order valence-corrected chi connectivity index (χ0v) is 9.51. The first kappa shape index (κ1) is 14.4. The first-order valence-corrected chi connectivity index (χ1v) is 5.13. The Balaban J connectivity index is 3.04. The molecule has 1 unspecified atom stereocenters. The van der Waals surface area contributed by atoms with Crippen LogP contribution in [0, 0.1) is 5.82 Å². The van der Waals surface area contributed by atoms with Gasteiger partial charge in [0.25, 0.3) is 5.91 Å². The molecule has 3 N–H and O–H groups in total. The molecule has 0 aliphatic heterocycles. The lowest BCUT2D eigenvalue weighted by Gasteiger charge is -2.13. The molecule has 0 fully saturated rings. The molecule has 0 bridgehead atoms. The highest BCUT2D eigenvalue weighted by molar-refractivity contribution is 5.94. The van der Waals surface area contributed by atoms with Crippen molar-refractivity contribution in [2.24, 2.45) is 5.73 Å². The molecule has 0 aliphatic rings. The number of hydrogen-bond acceptors (Lipinski definition) is 2. The summed E-state index contributed by atoms with van der Waals surface area (Å²) in [5.41, 5.74) is 3.52. The van der Waals surface area contributed by atoms with Gasteiger partial charge in [-0.3, -0.25) is 4.79 Å². The molecule has 1 aromatic carbocycles. The van der Waals surface area contributed by atoms with Crippen LogP contribution in [-0.4, -0.2) is 18.5 Å². The van der Waals surface area contributed by atoms with E-state index in [0.29, 0.717) is 18.2 Å². The smallest absolute Gasteiger partial charge is 0.348 e. The van der Waals surface area contributed by atoms with Crippen molar-refractivity contribution in [2.45, 2.75) is 19.1 Å². The van der Waals surface area contributed by atoms with Crippen molar-refractivity contribution < 1.29 is 22.4 Å². The van der Waals surface area contributed by atoms with E-state index < -0.39 is 35.1 Å². The third-order valence-electron chi connectivity index (χ3n) is 2.27. The van der Waals surface area contributed by atoms with Gasteiger partial charge >= 0.3 is 6.18 Å². The molecule has 1 amide bonds. The van der Waals surface area contributed by atoms with Crippen molar-refractivity contribution in [1.82, 2.24) is 5.32 Å². The van der Waals surface area contributed by atoms with Crippen molar-refractivity contribution in [1.29, 1.82) is 0 Å². The van der Waals surface area contributed by atoms with Gasteiger partial charge in [-0.05, 0) is 25.1 Å². The second-order valence-electron chi connectivity index (χ2n) is 3.80. The number of alkyl halides is 3. The van der Waals surface area contributed by atoms with Gasteiger partial charge in [-0.2, -0.15) is 13.2 Å². The highest BCUT2D eigenvalue weighted by Gasteiger charge is 2.32. The summed E-state index contributed by atoms with van der Waals surface area (Å²) < 4.78 is 50.6. The average Bonchev–Trinajstić information content (AvgIpc) is 2.27. The molecule has 18 heavy (non-hydrogen) atoms. The molecule has 0 aromatic heterocycles. The monoisotopic (exact) mass is 264 g/mol. The fraction of sp³-hybridized carbons (Fsp3) is 0.364.